The molecule has 0 aromatic carbocycles. The van der Waals surface area contributed by atoms with Gasteiger partial charge < -0.3 is 15.4 Å². The highest BCUT2D eigenvalue weighted by Crippen LogP contribution is 2.11. The van der Waals surface area contributed by atoms with Gasteiger partial charge in [-0.2, -0.15) is 0 Å². The molecule has 2 amide bonds. The molecular weight excluding hydrogens is 184 g/mol. The Kier molecular flexibility index (Phi) is 4.39. The van der Waals surface area contributed by atoms with Gasteiger partial charge in [-0.05, 0) is 12.8 Å². The monoisotopic (exact) mass is 200 g/mol. The number of ether oxygens (including phenoxy) is 1. The van der Waals surface area contributed by atoms with E-state index in [1.165, 1.54) is 6.92 Å². The van der Waals surface area contributed by atoms with Crippen LogP contribution in [0, 0.1) is 0 Å². The van der Waals surface area contributed by atoms with Crippen molar-refractivity contribution in [3.05, 3.63) is 0 Å². The fraction of sp³-hybridized carbons (Fsp3) is 0.778. The summed E-state index contributed by atoms with van der Waals surface area (Å²) < 4.78 is 5.19. The zero-order valence-corrected chi connectivity index (χ0v) is 8.34. The van der Waals surface area contributed by atoms with Gasteiger partial charge in [-0.1, -0.05) is 0 Å². The van der Waals surface area contributed by atoms with Gasteiger partial charge in [-0.25, -0.2) is 0 Å². The van der Waals surface area contributed by atoms with E-state index >= 15 is 0 Å². The van der Waals surface area contributed by atoms with Crippen molar-refractivity contribution >= 4 is 11.8 Å². The molecular formula is C9H16N2O3. The maximum absolute atomic E-state index is 11.3. The number of carbonyl (C=O) groups excluding carboxylic acids is 2. The Bertz CT molecular complexity index is 212. The van der Waals surface area contributed by atoms with Crippen LogP contribution in [0.25, 0.3) is 0 Å². The Labute approximate surface area is 83.2 Å². The van der Waals surface area contributed by atoms with Gasteiger partial charge in [0.25, 0.3) is 0 Å². The van der Waals surface area contributed by atoms with Crippen LogP contribution in [0.4, 0.5) is 0 Å². The average Bonchev–Trinajstić information content (AvgIpc) is 2.64. The zero-order chi connectivity index (χ0) is 10.4. The van der Waals surface area contributed by atoms with Crippen molar-refractivity contribution in [2.45, 2.75) is 25.9 Å². The Morgan fingerprint density at radius 3 is 2.64 bits per heavy atom. The summed E-state index contributed by atoms with van der Waals surface area (Å²) in [5, 5.41) is 5.30. The number of amides is 2. The Balaban J connectivity index is 2.05. The largest absolute Gasteiger partial charge is 0.368 e. The van der Waals surface area contributed by atoms with E-state index in [1.54, 1.807) is 0 Å². The molecule has 0 bridgehead atoms. The van der Waals surface area contributed by atoms with Gasteiger partial charge in [-0.3, -0.25) is 9.59 Å². The van der Waals surface area contributed by atoms with Crippen molar-refractivity contribution in [2.24, 2.45) is 0 Å². The van der Waals surface area contributed by atoms with Crippen molar-refractivity contribution in [3.8, 4) is 0 Å². The maximum atomic E-state index is 11.3. The lowest BCUT2D eigenvalue weighted by molar-refractivity contribution is -0.130. The van der Waals surface area contributed by atoms with Gasteiger partial charge in [0, 0.05) is 26.6 Å². The first-order chi connectivity index (χ1) is 6.70. The molecule has 1 heterocycles. The fourth-order valence-electron chi connectivity index (χ4n) is 1.32. The van der Waals surface area contributed by atoms with E-state index in [-0.39, 0.29) is 17.9 Å². The van der Waals surface area contributed by atoms with Crippen molar-refractivity contribution in [1.29, 1.82) is 0 Å². The fourth-order valence-corrected chi connectivity index (χ4v) is 1.32. The number of rotatable bonds is 4. The quantitative estimate of drug-likeness (QED) is 0.596. The van der Waals surface area contributed by atoms with Crippen LogP contribution in [0.3, 0.4) is 0 Å². The van der Waals surface area contributed by atoms with Gasteiger partial charge in [-0.15, -0.1) is 0 Å². The Morgan fingerprint density at radius 2 is 2.07 bits per heavy atom. The molecule has 1 aliphatic rings. The summed E-state index contributed by atoms with van der Waals surface area (Å²) in [7, 11) is 0. The SMILES string of the molecule is CC(=O)NCCNC(=O)C1CCCO1. The maximum Gasteiger partial charge on any atom is 0.249 e. The van der Waals surface area contributed by atoms with E-state index in [0.717, 1.165) is 12.8 Å². The average molecular weight is 200 g/mol. The summed E-state index contributed by atoms with van der Waals surface area (Å²) in [6.07, 6.45) is 1.46. The van der Waals surface area contributed by atoms with E-state index < -0.39 is 0 Å². The molecule has 1 unspecified atom stereocenters. The third-order valence-corrected chi connectivity index (χ3v) is 2.02. The second kappa shape index (κ2) is 5.59. The van der Waals surface area contributed by atoms with Crippen molar-refractivity contribution in [2.75, 3.05) is 19.7 Å². The molecule has 14 heavy (non-hydrogen) atoms. The summed E-state index contributed by atoms with van der Waals surface area (Å²) in [5.74, 6) is -0.163. The molecule has 0 aliphatic carbocycles. The third-order valence-electron chi connectivity index (χ3n) is 2.02. The van der Waals surface area contributed by atoms with Crippen LogP contribution in [-0.2, 0) is 14.3 Å². The van der Waals surface area contributed by atoms with Crippen molar-refractivity contribution in [1.82, 2.24) is 10.6 Å². The van der Waals surface area contributed by atoms with Crippen LogP contribution in [-0.4, -0.2) is 37.6 Å². The smallest absolute Gasteiger partial charge is 0.249 e. The molecule has 1 rings (SSSR count). The number of hydrogen-bond acceptors (Lipinski definition) is 3. The third kappa shape index (κ3) is 3.74. The van der Waals surface area contributed by atoms with Gasteiger partial charge in [0.05, 0.1) is 0 Å². The van der Waals surface area contributed by atoms with Crippen LogP contribution < -0.4 is 10.6 Å². The second-order valence-electron chi connectivity index (χ2n) is 3.28. The summed E-state index contributed by atoms with van der Waals surface area (Å²) in [5.41, 5.74) is 0. The molecule has 1 fully saturated rings. The van der Waals surface area contributed by atoms with Crippen LogP contribution in [0.5, 0.6) is 0 Å². The van der Waals surface area contributed by atoms with Gasteiger partial charge in [0.2, 0.25) is 11.8 Å². The zero-order valence-electron chi connectivity index (χ0n) is 8.34. The predicted molar refractivity (Wildman–Crippen MR) is 50.7 cm³/mol. The minimum atomic E-state index is -0.285. The van der Waals surface area contributed by atoms with E-state index in [0.29, 0.717) is 19.7 Å². The lowest BCUT2D eigenvalue weighted by atomic mass is 10.2. The topological polar surface area (TPSA) is 67.4 Å². The highest BCUT2D eigenvalue weighted by molar-refractivity contribution is 5.81. The summed E-state index contributed by atoms with van der Waals surface area (Å²) >= 11 is 0. The molecule has 1 saturated heterocycles. The number of carbonyl (C=O) groups is 2. The first kappa shape index (κ1) is 11.0. The predicted octanol–water partition coefficient (Wildman–Crippen LogP) is -0.582. The highest BCUT2D eigenvalue weighted by Gasteiger charge is 2.22. The number of nitrogens with one attached hydrogen (secondary N) is 2. The first-order valence-corrected chi connectivity index (χ1v) is 4.84. The minimum Gasteiger partial charge on any atom is -0.368 e. The molecule has 0 radical (unpaired) electrons. The minimum absolute atomic E-state index is 0.0761. The second-order valence-corrected chi connectivity index (χ2v) is 3.28. The van der Waals surface area contributed by atoms with E-state index in [1.807, 2.05) is 0 Å². The molecule has 1 atom stereocenters. The summed E-state index contributed by atoms with van der Waals surface area (Å²) in [6.45, 7) is 3.04. The first-order valence-electron chi connectivity index (χ1n) is 4.84. The molecule has 5 heteroatoms. The molecule has 0 aromatic rings. The summed E-state index contributed by atoms with van der Waals surface area (Å²) in [6, 6.07) is 0. The van der Waals surface area contributed by atoms with Crippen molar-refractivity contribution in [3.63, 3.8) is 0 Å². The van der Waals surface area contributed by atoms with E-state index in [9.17, 15) is 9.59 Å². The molecule has 1 aliphatic heterocycles. The van der Waals surface area contributed by atoms with Gasteiger partial charge >= 0.3 is 0 Å². The number of hydrogen-bond donors (Lipinski definition) is 2. The summed E-state index contributed by atoms with van der Waals surface area (Å²) in [4.78, 5) is 21.8. The lowest BCUT2D eigenvalue weighted by Crippen LogP contribution is -2.39. The molecule has 5 nitrogen and oxygen atoms in total. The Hall–Kier alpha value is -1.10. The van der Waals surface area contributed by atoms with E-state index in [2.05, 4.69) is 10.6 Å². The van der Waals surface area contributed by atoms with Crippen LogP contribution >= 0.6 is 0 Å². The van der Waals surface area contributed by atoms with E-state index in [4.69, 9.17) is 4.74 Å². The van der Waals surface area contributed by atoms with Gasteiger partial charge in [0.1, 0.15) is 6.10 Å². The normalized spacial score (nSPS) is 20.5. The van der Waals surface area contributed by atoms with Crippen LogP contribution in [0.2, 0.25) is 0 Å². The molecule has 0 aromatic heterocycles. The highest BCUT2D eigenvalue weighted by atomic mass is 16.5. The Morgan fingerprint density at radius 1 is 1.36 bits per heavy atom. The van der Waals surface area contributed by atoms with Crippen molar-refractivity contribution < 1.29 is 14.3 Å². The van der Waals surface area contributed by atoms with Crippen LogP contribution in [0.15, 0.2) is 0 Å². The molecule has 0 saturated carbocycles. The standard InChI is InChI=1S/C9H16N2O3/c1-7(12)10-4-5-11-9(13)8-3-2-6-14-8/h8H,2-6H2,1H3,(H,10,12)(H,11,13). The lowest BCUT2D eigenvalue weighted by Gasteiger charge is -2.10. The molecule has 0 spiro atoms. The van der Waals surface area contributed by atoms with Gasteiger partial charge in [0.15, 0.2) is 0 Å². The van der Waals surface area contributed by atoms with Crippen LogP contribution in [0.1, 0.15) is 19.8 Å². The molecule has 2 N–H and O–H groups in total. The molecule has 80 valence electrons.